The Hall–Kier alpha value is -2.57. The molecule has 0 atom stereocenters. The van der Waals surface area contributed by atoms with Crippen LogP contribution in [0.25, 0.3) is 6.08 Å². The fourth-order valence-electron chi connectivity index (χ4n) is 2.61. The molecule has 0 radical (unpaired) electrons. The van der Waals surface area contributed by atoms with Crippen molar-refractivity contribution >= 4 is 46.5 Å². The average molecular weight is 401 g/mol. The summed E-state index contributed by atoms with van der Waals surface area (Å²) in [5.41, 5.74) is 2.24. The molecule has 0 aliphatic carbocycles. The second-order valence-corrected chi connectivity index (χ2v) is 7.39. The molecule has 0 saturated carbocycles. The summed E-state index contributed by atoms with van der Waals surface area (Å²) in [6, 6.07) is 14.2. The molecule has 0 unspecified atom stereocenters. The van der Waals surface area contributed by atoms with Crippen LogP contribution >= 0.6 is 23.4 Å². The van der Waals surface area contributed by atoms with E-state index in [0.29, 0.717) is 15.5 Å². The second-order valence-electron chi connectivity index (χ2n) is 5.96. The molecule has 27 heavy (non-hydrogen) atoms. The Kier molecular flexibility index (Phi) is 5.98. The van der Waals surface area contributed by atoms with Crippen molar-refractivity contribution in [2.24, 2.45) is 0 Å². The third-order valence-electron chi connectivity index (χ3n) is 4.05. The van der Waals surface area contributed by atoms with Gasteiger partial charge in [-0.1, -0.05) is 41.9 Å². The first-order valence-electron chi connectivity index (χ1n) is 8.30. The van der Waals surface area contributed by atoms with E-state index in [1.807, 2.05) is 19.1 Å². The zero-order valence-electron chi connectivity index (χ0n) is 14.6. The van der Waals surface area contributed by atoms with E-state index in [2.05, 4.69) is 5.32 Å². The van der Waals surface area contributed by atoms with Gasteiger partial charge in [0.2, 0.25) is 0 Å². The van der Waals surface area contributed by atoms with Crippen molar-refractivity contribution in [3.05, 3.63) is 75.1 Å². The number of amides is 3. The summed E-state index contributed by atoms with van der Waals surface area (Å²) in [6.07, 6.45) is 1.66. The van der Waals surface area contributed by atoms with Crippen LogP contribution in [0.15, 0.2) is 53.4 Å². The van der Waals surface area contributed by atoms with Crippen molar-refractivity contribution in [2.75, 3.05) is 13.1 Å². The monoisotopic (exact) mass is 400 g/mol. The maximum Gasteiger partial charge on any atom is 0.293 e. The SMILES string of the molecule is Cc1ccccc1C(=O)NCCN1C(=O)S/C(=C\c2ccc(Cl)cc2)C1=O. The topological polar surface area (TPSA) is 66.5 Å². The molecule has 0 aromatic heterocycles. The standard InChI is InChI=1S/C20H17ClN2O3S/c1-13-4-2-3-5-16(13)18(24)22-10-11-23-19(25)17(27-20(23)26)12-14-6-8-15(21)9-7-14/h2-9,12H,10-11H2,1H3,(H,22,24)/b17-12-. The van der Waals surface area contributed by atoms with Crippen LogP contribution in [-0.4, -0.2) is 35.0 Å². The normalized spacial score (nSPS) is 15.5. The number of rotatable bonds is 5. The summed E-state index contributed by atoms with van der Waals surface area (Å²) in [4.78, 5) is 38.3. The Bertz CT molecular complexity index is 925. The Morgan fingerprint density at radius 2 is 1.85 bits per heavy atom. The van der Waals surface area contributed by atoms with Gasteiger partial charge in [0.05, 0.1) is 4.91 Å². The molecule has 1 aliphatic rings. The molecule has 2 aromatic rings. The minimum absolute atomic E-state index is 0.125. The van der Waals surface area contributed by atoms with Crippen LogP contribution in [0.3, 0.4) is 0 Å². The van der Waals surface area contributed by atoms with E-state index < -0.39 is 0 Å². The molecule has 138 valence electrons. The number of hydrogen-bond acceptors (Lipinski definition) is 4. The fraction of sp³-hybridized carbons (Fsp3) is 0.150. The average Bonchev–Trinajstić information content (AvgIpc) is 2.91. The van der Waals surface area contributed by atoms with Crippen molar-refractivity contribution in [2.45, 2.75) is 6.92 Å². The van der Waals surface area contributed by atoms with Crippen molar-refractivity contribution in [3.8, 4) is 0 Å². The maximum atomic E-state index is 12.5. The lowest BCUT2D eigenvalue weighted by atomic mass is 10.1. The van der Waals surface area contributed by atoms with E-state index >= 15 is 0 Å². The van der Waals surface area contributed by atoms with Crippen LogP contribution in [0.1, 0.15) is 21.5 Å². The molecule has 1 heterocycles. The molecule has 5 nitrogen and oxygen atoms in total. The van der Waals surface area contributed by atoms with E-state index in [1.54, 1.807) is 42.5 Å². The molecule has 3 amide bonds. The molecule has 3 rings (SSSR count). The van der Waals surface area contributed by atoms with Gasteiger partial charge >= 0.3 is 0 Å². The number of thioether (sulfide) groups is 1. The third kappa shape index (κ3) is 4.59. The largest absolute Gasteiger partial charge is 0.350 e. The van der Waals surface area contributed by atoms with Crippen LogP contribution in [0.4, 0.5) is 4.79 Å². The quantitative estimate of drug-likeness (QED) is 0.767. The van der Waals surface area contributed by atoms with Gasteiger partial charge in [0.15, 0.2) is 0 Å². The molecule has 1 saturated heterocycles. The highest BCUT2D eigenvalue weighted by Gasteiger charge is 2.34. The molecule has 1 fully saturated rings. The molecule has 7 heteroatoms. The van der Waals surface area contributed by atoms with Crippen LogP contribution < -0.4 is 5.32 Å². The van der Waals surface area contributed by atoms with Gasteiger partial charge in [-0.2, -0.15) is 0 Å². The number of nitrogens with one attached hydrogen (secondary N) is 1. The lowest BCUT2D eigenvalue weighted by molar-refractivity contribution is -0.122. The molecular weight excluding hydrogens is 384 g/mol. The zero-order valence-corrected chi connectivity index (χ0v) is 16.1. The summed E-state index contributed by atoms with van der Waals surface area (Å²) >= 11 is 6.74. The molecule has 1 aliphatic heterocycles. The number of carbonyl (C=O) groups is 3. The fourth-order valence-corrected chi connectivity index (χ4v) is 3.60. The van der Waals surface area contributed by atoms with Crippen molar-refractivity contribution in [1.29, 1.82) is 0 Å². The van der Waals surface area contributed by atoms with Gasteiger partial charge in [-0.3, -0.25) is 19.3 Å². The first kappa shape index (κ1) is 19.2. The summed E-state index contributed by atoms with van der Waals surface area (Å²) in [6.45, 7) is 2.17. The van der Waals surface area contributed by atoms with Gasteiger partial charge in [-0.25, -0.2) is 0 Å². The van der Waals surface area contributed by atoms with Gasteiger partial charge in [-0.15, -0.1) is 0 Å². The second kappa shape index (κ2) is 8.41. The minimum atomic E-state index is -0.356. The first-order chi connectivity index (χ1) is 13.0. The van der Waals surface area contributed by atoms with Crippen molar-refractivity contribution in [3.63, 3.8) is 0 Å². The number of hydrogen-bond donors (Lipinski definition) is 1. The third-order valence-corrected chi connectivity index (χ3v) is 5.21. The highest BCUT2D eigenvalue weighted by molar-refractivity contribution is 8.18. The first-order valence-corrected chi connectivity index (χ1v) is 9.50. The maximum absolute atomic E-state index is 12.5. The van der Waals surface area contributed by atoms with E-state index in [1.165, 1.54) is 0 Å². The van der Waals surface area contributed by atoms with Crippen molar-refractivity contribution in [1.82, 2.24) is 10.2 Å². The Morgan fingerprint density at radius 3 is 2.56 bits per heavy atom. The van der Waals surface area contributed by atoms with Crippen LogP contribution in [-0.2, 0) is 4.79 Å². The van der Waals surface area contributed by atoms with E-state index in [-0.39, 0.29) is 30.1 Å². The molecule has 1 N–H and O–H groups in total. The van der Waals surface area contributed by atoms with Crippen LogP contribution in [0, 0.1) is 6.92 Å². The molecule has 0 spiro atoms. The van der Waals surface area contributed by atoms with E-state index in [4.69, 9.17) is 11.6 Å². The molecule has 0 bridgehead atoms. The van der Waals surface area contributed by atoms with Gasteiger partial charge in [0.25, 0.3) is 17.1 Å². The van der Waals surface area contributed by atoms with Crippen LogP contribution in [0.5, 0.6) is 0 Å². The summed E-state index contributed by atoms with van der Waals surface area (Å²) in [5, 5.41) is 3.01. The van der Waals surface area contributed by atoms with Gasteiger partial charge in [0.1, 0.15) is 0 Å². The van der Waals surface area contributed by atoms with Gasteiger partial charge in [0, 0.05) is 23.7 Å². The lowest BCUT2D eigenvalue weighted by Gasteiger charge is -2.13. The Morgan fingerprint density at radius 1 is 1.15 bits per heavy atom. The van der Waals surface area contributed by atoms with Crippen molar-refractivity contribution < 1.29 is 14.4 Å². The van der Waals surface area contributed by atoms with E-state index in [9.17, 15) is 14.4 Å². The summed E-state index contributed by atoms with van der Waals surface area (Å²) in [5.74, 6) is -0.582. The smallest absolute Gasteiger partial charge is 0.293 e. The highest BCUT2D eigenvalue weighted by Crippen LogP contribution is 2.32. The predicted octanol–water partition coefficient (Wildman–Crippen LogP) is 4.11. The number of imide groups is 1. The predicted molar refractivity (Wildman–Crippen MR) is 108 cm³/mol. The highest BCUT2D eigenvalue weighted by atomic mass is 35.5. The van der Waals surface area contributed by atoms with Gasteiger partial charge in [-0.05, 0) is 54.1 Å². The summed E-state index contributed by atoms with van der Waals surface area (Å²) < 4.78 is 0. The minimum Gasteiger partial charge on any atom is -0.350 e. The Balaban J connectivity index is 1.60. The Labute approximate surface area is 166 Å². The lowest BCUT2D eigenvalue weighted by Crippen LogP contribution is -2.37. The van der Waals surface area contributed by atoms with Crippen LogP contribution in [0.2, 0.25) is 5.02 Å². The number of carbonyl (C=O) groups excluding carboxylic acids is 3. The zero-order chi connectivity index (χ0) is 19.4. The van der Waals surface area contributed by atoms with Gasteiger partial charge < -0.3 is 5.32 Å². The number of benzene rings is 2. The molecular formula is C20H17ClN2O3S. The number of halogens is 1. The summed E-state index contributed by atoms with van der Waals surface area (Å²) in [7, 11) is 0. The number of aryl methyl sites for hydroxylation is 1. The number of nitrogens with zero attached hydrogens (tertiary/aromatic N) is 1. The molecule has 2 aromatic carbocycles. The van der Waals surface area contributed by atoms with E-state index in [0.717, 1.165) is 27.8 Å².